The second kappa shape index (κ2) is 4.77. The summed E-state index contributed by atoms with van der Waals surface area (Å²) in [6.07, 6.45) is 2.11. The second-order valence-corrected chi connectivity index (χ2v) is 4.42. The third-order valence-electron chi connectivity index (χ3n) is 3.14. The first kappa shape index (κ1) is 12.3. The van der Waals surface area contributed by atoms with Crippen molar-refractivity contribution in [2.45, 2.75) is 13.3 Å². The predicted octanol–water partition coefficient (Wildman–Crippen LogP) is 2.68. The van der Waals surface area contributed by atoms with Crippen molar-refractivity contribution < 1.29 is 9.90 Å². The molecule has 0 radical (unpaired) electrons. The molecule has 0 saturated carbocycles. The van der Waals surface area contributed by atoms with Crippen molar-refractivity contribution in [3.05, 3.63) is 54.0 Å². The van der Waals surface area contributed by atoms with Gasteiger partial charge in [-0.15, -0.1) is 0 Å². The maximum atomic E-state index is 11.0. The molecule has 2 aromatic heterocycles. The van der Waals surface area contributed by atoms with Gasteiger partial charge in [0.15, 0.2) is 5.65 Å². The molecule has 0 atom stereocenters. The van der Waals surface area contributed by atoms with Crippen LogP contribution < -0.4 is 0 Å². The minimum atomic E-state index is -0.994. The van der Waals surface area contributed by atoms with Crippen LogP contribution in [0.3, 0.4) is 0 Å². The Hall–Kier alpha value is -2.69. The number of rotatable bonds is 3. The van der Waals surface area contributed by atoms with Crippen LogP contribution in [0, 0.1) is 0 Å². The van der Waals surface area contributed by atoms with Crippen LogP contribution in [0.25, 0.3) is 16.9 Å². The normalized spacial score (nSPS) is 10.8. The monoisotopic (exact) mass is 267 g/mol. The highest BCUT2D eigenvalue weighted by Crippen LogP contribution is 2.21. The quantitative estimate of drug-likeness (QED) is 0.792. The van der Waals surface area contributed by atoms with Crippen molar-refractivity contribution in [2.24, 2.45) is 0 Å². The summed E-state index contributed by atoms with van der Waals surface area (Å²) in [5, 5.41) is 9.02. The molecule has 0 amide bonds. The molecule has 5 nitrogen and oxygen atoms in total. The van der Waals surface area contributed by atoms with Crippen molar-refractivity contribution >= 4 is 17.1 Å². The molecule has 100 valence electrons. The number of hydrogen-bond donors (Lipinski definition) is 1. The fraction of sp³-hybridized carbons (Fsp3) is 0.133. The van der Waals surface area contributed by atoms with Crippen LogP contribution in [0.15, 0.2) is 42.6 Å². The number of fused-ring (bicyclic) bond motifs is 1. The summed E-state index contributed by atoms with van der Waals surface area (Å²) in [4.78, 5) is 19.8. The van der Waals surface area contributed by atoms with E-state index in [0.29, 0.717) is 11.2 Å². The van der Waals surface area contributed by atoms with Gasteiger partial charge < -0.3 is 5.11 Å². The molecule has 0 bridgehead atoms. The Morgan fingerprint density at radius 1 is 1.30 bits per heavy atom. The van der Waals surface area contributed by atoms with Gasteiger partial charge in [-0.05, 0) is 18.2 Å². The Morgan fingerprint density at radius 3 is 2.70 bits per heavy atom. The molecular weight excluding hydrogens is 254 g/mol. The molecule has 20 heavy (non-hydrogen) atoms. The number of benzene rings is 1. The predicted molar refractivity (Wildman–Crippen MR) is 75.2 cm³/mol. The number of para-hydroxylation sites is 1. The Morgan fingerprint density at radius 2 is 2.05 bits per heavy atom. The molecule has 0 aliphatic rings. The molecule has 0 aliphatic heterocycles. The Balaban J connectivity index is 2.28. The fourth-order valence-corrected chi connectivity index (χ4v) is 2.21. The van der Waals surface area contributed by atoms with E-state index in [1.807, 2.05) is 41.8 Å². The van der Waals surface area contributed by atoms with E-state index in [4.69, 9.17) is 5.11 Å². The maximum Gasteiger partial charge on any atom is 0.337 e. The summed E-state index contributed by atoms with van der Waals surface area (Å²) < 4.78 is 1.96. The third kappa shape index (κ3) is 1.93. The molecule has 1 N–H and O–H groups in total. The van der Waals surface area contributed by atoms with Gasteiger partial charge in [0.25, 0.3) is 0 Å². The molecule has 5 heteroatoms. The van der Waals surface area contributed by atoms with Crippen LogP contribution in [-0.4, -0.2) is 25.6 Å². The summed E-state index contributed by atoms with van der Waals surface area (Å²) in [6, 6.07) is 11.4. The molecule has 0 unspecified atom stereocenters. The highest BCUT2D eigenvalue weighted by Gasteiger charge is 2.14. The molecule has 2 heterocycles. The van der Waals surface area contributed by atoms with Gasteiger partial charge in [-0.2, -0.15) is 0 Å². The number of carboxylic acid groups (broad SMARTS) is 1. The molecule has 3 rings (SSSR count). The van der Waals surface area contributed by atoms with Gasteiger partial charge in [-0.25, -0.2) is 14.8 Å². The van der Waals surface area contributed by atoms with E-state index >= 15 is 0 Å². The summed E-state index contributed by atoms with van der Waals surface area (Å²) in [5.41, 5.74) is 2.41. The SMILES string of the molecule is CCc1nc2cc(C(=O)O)cnc2n1-c1ccccc1. The summed E-state index contributed by atoms with van der Waals surface area (Å²) >= 11 is 0. The van der Waals surface area contributed by atoms with E-state index in [1.165, 1.54) is 6.20 Å². The molecular formula is C15H13N3O2. The minimum Gasteiger partial charge on any atom is -0.478 e. The number of aromatic carboxylic acids is 1. The van der Waals surface area contributed by atoms with E-state index in [-0.39, 0.29) is 5.56 Å². The average molecular weight is 267 g/mol. The van der Waals surface area contributed by atoms with Crippen LogP contribution in [0.1, 0.15) is 23.1 Å². The highest BCUT2D eigenvalue weighted by molar-refractivity contribution is 5.91. The van der Waals surface area contributed by atoms with Crippen molar-refractivity contribution in [3.63, 3.8) is 0 Å². The lowest BCUT2D eigenvalue weighted by molar-refractivity contribution is 0.0696. The van der Waals surface area contributed by atoms with Gasteiger partial charge in [0.1, 0.15) is 11.3 Å². The zero-order valence-corrected chi connectivity index (χ0v) is 10.9. The number of hydrogen-bond acceptors (Lipinski definition) is 3. The summed E-state index contributed by atoms with van der Waals surface area (Å²) in [7, 11) is 0. The number of pyridine rings is 1. The average Bonchev–Trinajstić information content (AvgIpc) is 2.85. The third-order valence-corrected chi connectivity index (χ3v) is 3.14. The van der Waals surface area contributed by atoms with Gasteiger partial charge in [0.05, 0.1) is 5.56 Å². The number of nitrogens with zero attached hydrogens (tertiary/aromatic N) is 3. The number of imidazole rings is 1. The second-order valence-electron chi connectivity index (χ2n) is 4.42. The van der Waals surface area contributed by atoms with Crippen LogP contribution in [0.4, 0.5) is 0 Å². The molecule has 0 fully saturated rings. The molecule has 0 aliphatic carbocycles. The van der Waals surface area contributed by atoms with Crippen LogP contribution >= 0.6 is 0 Å². The first-order valence-electron chi connectivity index (χ1n) is 6.36. The van der Waals surface area contributed by atoms with Crippen molar-refractivity contribution in [2.75, 3.05) is 0 Å². The number of aryl methyl sites for hydroxylation is 1. The molecule has 1 aromatic carbocycles. The number of carbonyl (C=O) groups is 1. The van der Waals surface area contributed by atoms with Crippen LogP contribution in [-0.2, 0) is 6.42 Å². The van der Waals surface area contributed by atoms with Gasteiger partial charge in [0.2, 0.25) is 0 Å². The number of aromatic nitrogens is 3. The lowest BCUT2D eigenvalue weighted by atomic mass is 10.2. The lowest BCUT2D eigenvalue weighted by Crippen LogP contribution is -2.01. The smallest absolute Gasteiger partial charge is 0.337 e. The Kier molecular flexibility index (Phi) is 2.95. The lowest BCUT2D eigenvalue weighted by Gasteiger charge is -2.06. The summed E-state index contributed by atoms with van der Waals surface area (Å²) in [5.74, 6) is -0.132. The topological polar surface area (TPSA) is 68.0 Å². The Labute approximate surface area is 115 Å². The Bertz CT molecular complexity index is 778. The molecule has 0 saturated heterocycles. The zero-order valence-electron chi connectivity index (χ0n) is 10.9. The van der Waals surface area contributed by atoms with Gasteiger partial charge in [-0.1, -0.05) is 25.1 Å². The number of carboxylic acids is 1. The van der Waals surface area contributed by atoms with Crippen molar-refractivity contribution in [1.82, 2.24) is 14.5 Å². The first-order chi connectivity index (χ1) is 9.70. The fourth-order valence-electron chi connectivity index (χ4n) is 2.21. The van der Waals surface area contributed by atoms with E-state index in [1.54, 1.807) is 6.07 Å². The van der Waals surface area contributed by atoms with Gasteiger partial charge in [0, 0.05) is 18.3 Å². The van der Waals surface area contributed by atoms with E-state index in [0.717, 1.165) is 17.9 Å². The summed E-state index contributed by atoms with van der Waals surface area (Å²) in [6.45, 7) is 2.01. The standard InChI is InChI=1S/C15H13N3O2/c1-2-13-17-12-8-10(15(19)20)9-16-14(12)18(13)11-6-4-3-5-7-11/h3-9H,2H2,1H3,(H,19,20). The largest absolute Gasteiger partial charge is 0.478 e. The zero-order chi connectivity index (χ0) is 14.1. The molecule has 0 spiro atoms. The van der Waals surface area contributed by atoms with Crippen LogP contribution in [0.2, 0.25) is 0 Å². The van der Waals surface area contributed by atoms with Gasteiger partial charge in [-0.3, -0.25) is 4.57 Å². The first-order valence-corrected chi connectivity index (χ1v) is 6.36. The minimum absolute atomic E-state index is 0.151. The molecule has 3 aromatic rings. The van der Waals surface area contributed by atoms with E-state index in [2.05, 4.69) is 9.97 Å². The highest BCUT2D eigenvalue weighted by atomic mass is 16.4. The van der Waals surface area contributed by atoms with Crippen LogP contribution in [0.5, 0.6) is 0 Å². The van der Waals surface area contributed by atoms with Crippen molar-refractivity contribution in [3.8, 4) is 5.69 Å². The maximum absolute atomic E-state index is 11.0. The van der Waals surface area contributed by atoms with E-state index < -0.39 is 5.97 Å². The van der Waals surface area contributed by atoms with Crippen molar-refractivity contribution in [1.29, 1.82) is 0 Å². The van der Waals surface area contributed by atoms with E-state index in [9.17, 15) is 4.79 Å². The van der Waals surface area contributed by atoms with Gasteiger partial charge >= 0.3 is 5.97 Å².